The van der Waals surface area contributed by atoms with E-state index in [-0.39, 0.29) is 0 Å². The second-order valence-corrected chi connectivity index (χ2v) is 4.47. The van der Waals surface area contributed by atoms with Gasteiger partial charge in [0.2, 0.25) is 0 Å². The van der Waals surface area contributed by atoms with Crippen molar-refractivity contribution in [1.29, 1.82) is 0 Å². The Balaban J connectivity index is 5.13. The van der Waals surface area contributed by atoms with Crippen LogP contribution < -0.4 is 0 Å². The standard InChI is InChI=1S/C11H12F8O3/c1-3-7(21)22-5-6(20)4-9(13,14)10(15,16)8(2,12)11(17,18)19/h3,6,20H,1,4-5H2,2H3. The fourth-order valence-electron chi connectivity index (χ4n) is 1.24. The van der Waals surface area contributed by atoms with E-state index in [2.05, 4.69) is 11.3 Å². The van der Waals surface area contributed by atoms with Crippen LogP contribution in [0.5, 0.6) is 0 Å². The molecule has 0 saturated carbocycles. The highest BCUT2D eigenvalue weighted by Crippen LogP contribution is 2.53. The molecule has 0 aromatic carbocycles. The van der Waals surface area contributed by atoms with Crippen LogP contribution in [0.15, 0.2) is 12.7 Å². The molecule has 2 atom stereocenters. The topological polar surface area (TPSA) is 46.5 Å². The van der Waals surface area contributed by atoms with Gasteiger partial charge in [0, 0.05) is 12.5 Å². The average Bonchev–Trinajstić information content (AvgIpc) is 2.33. The molecule has 0 aliphatic carbocycles. The maximum atomic E-state index is 13.3. The number of aliphatic hydroxyl groups excluding tert-OH is 1. The van der Waals surface area contributed by atoms with Gasteiger partial charge in [-0.2, -0.15) is 30.7 Å². The molecule has 0 fully saturated rings. The lowest BCUT2D eigenvalue weighted by Crippen LogP contribution is -2.62. The first-order chi connectivity index (χ1) is 9.60. The fourth-order valence-corrected chi connectivity index (χ4v) is 1.24. The number of alkyl halides is 8. The first-order valence-electron chi connectivity index (χ1n) is 5.58. The summed E-state index contributed by atoms with van der Waals surface area (Å²) in [5.41, 5.74) is -5.53. The molecule has 0 aromatic rings. The first kappa shape index (κ1) is 20.6. The molecule has 11 heteroatoms. The molecule has 0 bridgehead atoms. The van der Waals surface area contributed by atoms with Crippen molar-refractivity contribution in [2.24, 2.45) is 0 Å². The Labute approximate surface area is 119 Å². The Hall–Kier alpha value is -1.39. The monoisotopic (exact) mass is 344 g/mol. The van der Waals surface area contributed by atoms with Gasteiger partial charge in [0.25, 0.3) is 5.67 Å². The van der Waals surface area contributed by atoms with E-state index in [1.165, 1.54) is 0 Å². The minimum atomic E-state index is -6.26. The van der Waals surface area contributed by atoms with Gasteiger partial charge in [-0.25, -0.2) is 9.18 Å². The van der Waals surface area contributed by atoms with Crippen molar-refractivity contribution >= 4 is 5.97 Å². The van der Waals surface area contributed by atoms with E-state index in [4.69, 9.17) is 5.11 Å². The van der Waals surface area contributed by atoms with E-state index in [1.54, 1.807) is 0 Å². The van der Waals surface area contributed by atoms with Crippen LogP contribution >= 0.6 is 0 Å². The van der Waals surface area contributed by atoms with Crippen molar-refractivity contribution in [3.8, 4) is 0 Å². The minimum Gasteiger partial charge on any atom is -0.460 e. The van der Waals surface area contributed by atoms with Gasteiger partial charge < -0.3 is 9.84 Å². The van der Waals surface area contributed by atoms with Gasteiger partial charge >= 0.3 is 24.0 Å². The summed E-state index contributed by atoms with van der Waals surface area (Å²) in [7, 11) is 0. The molecule has 0 amide bonds. The Morgan fingerprint density at radius 2 is 1.64 bits per heavy atom. The maximum Gasteiger partial charge on any atom is 0.428 e. The summed E-state index contributed by atoms with van der Waals surface area (Å²) in [4.78, 5) is 10.6. The number of carbonyl (C=O) groups excluding carboxylic acids is 1. The lowest BCUT2D eigenvalue weighted by molar-refractivity contribution is -0.351. The van der Waals surface area contributed by atoms with Gasteiger partial charge in [-0.3, -0.25) is 0 Å². The normalized spacial score (nSPS) is 17.5. The van der Waals surface area contributed by atoms with Crippen LogP contribution in [0.3, 0.4) is 0 Å². The summed E-state index contributed by atoms with van der Waals surface area (Å²) in [5, 5.41) is 9.03. The van der Waals surface area contributed by atoms with Crippen molar-refractivity contribution in [3.05, 3.63) is 12.7 Å². The molecular formula is C11H12F8O3. The highest BCUT2D eigenvalue weighted by molar-refractivity contribution is 5.81. The molecule has 0 aliphatic rings. The van der Waals surface area contributed by atoms with Gasteiger partial charge in [-0.05, 0) is 6.92 Å². The van der Waals surface area contributed by atoms with Gasteiger partial charge in [0.05, 0.1) is 6.10 Å². The van der Waals surface area contributed by atoms with Crippen molar-refractivity contribution < 1.29 is 49.8 Å². The summed E-state index contributed by atoms with van der Waals surface area (Å²) < 4.78 is 107. The molecule has 0 heterocycles. The minimum absolute atomic E-state index is 0.571. The molecular weight excluding hydrogens is 332 g/mol. The zero-order chi connectivity index (χ0) is 18.0. The van der Waals surface area contributed by atoms with Crippen LogP contribution in [0.25, 0.3) is 0 Å². The highest BCUT2D eigenvalue weighted by atomic mass is 19.4. The molecule has 1 N–H and O–H groups in total. The molecule has 2 unspecified atom stereocenters. The quantitative estimate of drug-likeness (QED) is 0.439. The number of rotatable bonds is 7. The third kappa shape index (κ3) is 4.08. The number of aliphatic hydroxyl groups is 1. The zero-order valence-electron chi connectivity index (χ0n) is 11.1. The van der Waals surface area contributed by atoms with Crippen molar-refractivity contribution in [1.82, 2.24) is 0 Å². The predicted molar refractivity (Wildman–Crippen MR) is 57.2 cm³/mol. The van der Waals surface area contributed by atoms with E-state index in [9.17, 15) is 39.9 Å². The molecule has 0 aliphatic heterocycles. The van der Waals surface area contributed by atoms with Gasteiger partial charge in [0.15, 0.2) is 0 Å². The van der Waals surface area contributed by atoms with Crippen LogP contribution in [0.4, 0.5) is 35.1 Å². The zero-order valence-corrected chi connectivity index (χ0v) is 11.1. The maximum absolute atomic E-state index is 13.3. The largest absolute Gasteiger partial charge is 0.460 e. The van der Waals surface area contributed by atoms with Crippen molar-refractivity contribution in [2.75, 3.05) is 6.61 Å². The second kappa shape index (κ2) is 6.39. The lowest BCUT2D eigenvalue weighted by atomic mass is 9.90. The Kier molecular flexibility index (Phi) is 5.98. The second-order valence-electron chi connectivity index (χ2n) is 4.47. The van der Waals surface area contributed by atoms with Gasteiger partial charge in [-0.1, -0.05) is 6.58 Å². The fraction of sp³-hybridized carbons (Fsp3) is 0.727. The van der Waals surface area contributed by atoms with Crippen molar-refractivity contribution in [2.45, 2.75) is 43.1 Å². The first-order valence-corrected chi connectivity index (χ1v) is 5.58. The molecule has 0 rings (SSSR count). The Bertz CT molecular complexity index is 416. The van der Waals surface area contributed by atoms with Crippen LogP contribution in [-0.4, -0.2) is 47.5 Å². The molecule has 0 radical (unpaired) electrons. The third-order valence-electron chi connectivity index (χ3n) is 2.66. The Morgan fingerprint density at radius 1 is 1.18 bits per heavy atom. The summed E-state index contributed by atoms with van der Waals surface area (Å²) in [6, 6.07) is 0. The van der Waals surface area contributed by atoms with E-state index in [0.717, 1.165) is 0 Å². The molecule has 0 aromatic heterocycles. The number of carbonyl (C=O) groups is 1. The van der Waals surface area contributed by atoms with E-state index >= 15 is 0 Å². The Morgan fingerprint density at radius 3 is 2.00 bits per heavy atom. The number of hydrogen-bond acceptors (Lipinski definition) is 3. The van der Waals surface area contributed by atoms with Crippen LogP contribution in [0.1, 0.15) is 13.3 Å². The molecule has 22 heavy (non-hydrogen) atoms. The number of halogens is 8. The molecule has 0 spiro atoms. The molecule has 130 valence electrons. The van der Waals surface area contributed by atoms with Crippen molar-refractivity contribution in [3.63, 3.8) is 0 Å². The molecule has 0 saturated heterocycles. The average molecular weight is 344 g/mol. The number of hydrogen-bond donors (Lipinski definition) is 1. The third-order valence-corrected chi connectivity index (χ3v) is 2.66. The van der Waals surface area contributed by atoms with E-state index in [1.807, 2.05) is 0 Å². The van der Waals surface area contributed by atoms with Gasteiger partial charge in [0.1, 0.15) is 6.61 Å². The smallest absolute Gasteiger partial charge is 0.428 e. The van der Waals surface area contributed by atoms with Gasteiger partial charge in [-0.15, -0.1) is 0 Å². The summed E-state index contributed by atoms with van der Waals surface area (Å²) >= 11 is 0. The summed E-state index contributed by atoms with van der Waals surface area (Å²) in [6.07, 6.45) is -10.4. The number of ether oxygens (including phenoxy) is 1. The highest BCUT2D eigenvalue weighted by Gasteiger charge is 2.77. The van der Waals surface area contributed by atoms with E-state index < -0.39 is 55.7 Å². The molecule has 3 nitrogen and oxygen atoms in total. The summed E-state index contributed by atoms with van der Waals surface area (Å²) in [5.74, 6) is -12.9. The van der Waals surface area contributed by atoms with E-state index in [0.29, 0.717) is 6.08 Å². The SMILES string of the molecule is C=CC(=O)OCC(O)CC(F)(F)C(F)(F)C(C)(F)C(F)(F)F. The summed E-state index contributed by atoms with van der Waals surface area (Å²) in [6.45, 7) is 0.979. The lowest BCUT2D eigenvalue weighted by Gasteiger charge is -2.37. The van der Waals surface area contributed by atoms with Crippen LogP contribution in [-0.2, 0) is 9.53 Å². The number of esters is 1. The van der Waals surface area contributed by atoms with Crippen LogP contribution in [0.2, 0.25) is 0 Å². The predicted octanol–water partition coefficient (Wildman–Crippen LogP) is 3.03. The van der Waals surface area contributed by atoms with Crippen LogP contribution in [0, 0.1) is 0 Å².